The Hall–Kier alpha value is 0.567. The molecule has 0 nitrogen and oxygen atoms in total. The maximum absolute atomic E-state index is 2.54. The number of thioether (sulfide) groups is 1. The molecular weight excluding hydrogens is 180 g/mol. The molecule has 1 unspecified atom stereocenters. The summed E-state index contributed by atoms with van der Waals surface area (Å²) in [7, 11) is -0.800. The summed E-state index contributed by atoms with van der Waals surface area (Å²) in [4.78, 5) is 0. The average Bonchev–Trinajstić information content (AvgIpc) is 1.83. The van der Waals surface area contributed by atoms with Gasteiger partial charge in [0.1, 0.15) is 0 Å². The minimum absolute atomic E-state index is 0.539. The zero-order valence-corrected chi connectivity index (χ0v) is 10.9. The molecule has 0 aromatic heterocycles. The SMILES string of the molecule is CC(C)(C)C1CSC[Si](C)(C)C1. The Bertz CT molecular complexity index is 154. The molecule has 0 saturated carbocycles. The molecule has 0 radical (unpaired) electrons. The summed E-state index contributed by atoms with van der Waals surface area (Å²) in [5.41, 5.74) is 0.539. The summed E-state index contributed by atoms with van der Waals surface area (Å²) in [5.74, 6) is 2.37. The molecule has 0 bridgehead atoms. The lowest BCUT2D eigenvalue weighted by Crippen LogP contribution is -2.41. The molecule has 1 atom stereocenters. The minimum atomic E-state index is -0.800. The highest BCUT2D eigenvalue weighted by Gasteiger charge is 2.35. The number of hydrogen-bond donors (Lipinski definition) is 0. The molecule has 2 heteroatoms. The molecule has 0 aromatic rings. The van der Waals surface area contributed by atoms with Crippen molar-refractivity contribution in [2.24, 2.45) is 11.3 Å². The zero-order chi connectivity index (χ0) is 9.41. The standard InChI is InChI=1S/C10H22SSi/c1-10(2,3)9-6-11-8-12(4,5)7-9/h9H,6-8H2,1-5H3. The predicted molar refractivity (Wildman–Crippen MR) is 62.6 cm³/mol. The third kappa shape index (κ3) is 2.81. The van der Waals surface area contributed by atoms with Crippen molar-refractivity contribution in [2.75, 3.05) is 11.1 Å². The van der Waals surface area contributed by atoms with Crippen LogP contribution in [0.4, 0.5) is 0 Å². The molecule has 1 fully saturated rings. The van der Waals surface area contributed by atoms with Crippen LogP contribution in [0.25, 0.3) is 0 Å². The van der Waals surface area contributed by atoms with Crippen LogP contribution in [0.2, 0.25) is 19.1 Å². The Morgan fingerprint density at radius 3 is 2.17 bits per heavy atom. The van der Waals surface area contributed by atoms with E-state index in [0.29, 0.717) is 5.41 Å². The van der Waals surface area contributed by atoms with E-state index in [-0.39, 0.29) is 0 Å². The van der Waals surface area contributed by atoms with Crippen LogP contribution in [0, 0.1) is 11.3 Å². The van der Waals surface area contributed by atoms with E-state index in [9.17, 15) is 0 Å². The lowest BCUT2D eigenvalue weighted by atomic mass is 9.83. The van der Waals surface area contributed by atoms with Gasteiger partial charge in [-0.3, -0.25) is 0 Å². The normalized spacial score (nSPS) is 30.2. The lowest BCUT2D eigenvalue weighted by molar-refractivity contribution is 0.285. The van der Waals surface area contributed by atoms with Crippen LogP contribution in [-0.4, -0.2) is 19.2 Å². The average molecular weight is 202 g/mol. The van der Waals surface area contributed by atoms with Gasteiger partial charge in [-0.1, -0.05) is 39.9 Å². The van der Waals surface area contributed by atoms with E-state index in [1.54, 1.807) is 6.04 Å². The summed E-state index contributed by atoms with van der Waals surface area (Å²) in [6.07, 6.45) is 0. The van der Waals surface area contributed by atoms with Gasteiger partial charge in [0.05, 0.1) is 8.07 Å². The second-order valence-corrected chi connectivity index (χ2v) is 12.6. The fourth-order valence-electron chi connectivity index (χ4n) is 1.82. The van der Waals surface area contributed by atoms with Crippen LogP contribution in [-0.2, 0) is 0 Å². The summed E-state index contributed by atoms with van der Waals surface area (Å²) in [6, 6.07) is 1.55. The summed E-state index contributed by atoms with van der Waals surface area (Å²) in [5, 5.41) is 1.49. The first-order chi connectivity index (χ1) is 5.31. The van der Waals surface area contributed by atoms with E-state index in [0.717, 1.165) is 5.92 Å². The third-order valence-electron chi connectivity index (χ3n) is 2.84. The first kappa shape index (κ1) is 10.6. The monoisotopic (exact) mass is 202 g/mol. The van der Waals surface area contributed by atoms with Crippen molar-refractivity contribution in [3.8, 4) is 0 Å². The van der Waals surface area contributed by atoms with Gasteiger partial charge in [-0.05, 0) is 22.5 Å². The van der Waals surface area contributed by atoms with Gasteiger partial charge in [-0.15, -0.1) is 0 Å². The lowest BCUT2D eigenvalue weighted by Gasteiger charge is -2.40. The summed E-state index contributed by atoms with van der Waals surface area (Å²) in [6.45, 7) is 12.3. The van der Waals surface area contributed by atoms with Gasteiger partial charge in [0, 0.05) is 0 Å². The highest BCUT2D eigenvalue weighted by atomic mass is 32.2. The zero-order valence-electron chi connectivity index (χ0n) is 9.11. The maximum atomic E-state index is 2.54. The topological polar surface area (TPSA) is 0 Å². The Morgan fingerprint density at radius 2 is 1.83 bits per heavy atom. The molecule has 0 aliphatic carbocycles. The van der Waals surface area contributed by atoms with E-state index >= 15 is 0 Å². The van der Waals surface area contributed by atoms with Crippen molar-refractivity contribution >= 4 is 19.8 Å². The van der Waals surface area contributed by atoms with E-state index in [4.69, 9.17) is 0 Å². The molecule has 1 aliphatic heterocycles. The molecule has 1 aliphatic rings. The van der Waals surface area contributed by atoms with E-state index < -0.39 is 8.07 Å². The van der Waals surface area contributed by atoms with E-state index in [2.05, 4.69) is 45.6 Å². The summed E-state index contributed by atoms with van der Waals surface area (Å²) >= 11 is 2.20. The Morgan fingerprint density at radius 1 is 1.25 bits per heavy atom. The fraction of sp³-hybridized carbons (Fsp3) is 1.00. The Labute approximate surface area is 82.5 Å². The number of hydrogen-bond acceptors (Lipinski definition) is 1. The van der Waals surface area contributed by atoms with Crippen molar-refractivity contribution in [3.63, 3.8) is 0 Å². The Balaban J connectivity index is 2.58. The van der Waals surface area contributed by atoms with Crippen molar-refractivity contribution in [3.05, 3.63) is 0 Å². The van der Waals surface area contributed by atoms with Crippen LogP contribution in [0.3, 0.4) is 0 Å². The van der Waals surface area contributed by atoms with Gasteiger partial charge in [-0.2, -0.15) is 11.8 Å². The van der Waals surface area contributed by atoms with Crippen LogP contribution >= 0.6 is 11.8 Å². The van der Waals surface area contributed by atoms with E-state index in [1.807, 2.05) is 0 Å². The Kier molecular flexibility index (Phi) is 2.99. The maximum Gasteiger partial charge on any atom is 0.0581 e. The van der Waals surface area contributed by atoms with Crippen LogP contribution in [0.5, 0.6) is 0 Å². The van der Waals surface area contributed by atoms with Gasteiger partial charge in [-0.25, -0.2) is 0 Å². The molecule has 0 amide bonds. The molecule has 0 N–H and O–H groups in total. The first-order valence-electron chi connectivity index (χ1n) is 4.89. The second kappa shape index (κ2) is 3.37. The third-order valence-corrected chi connectivity index (χ3v) is 9.01. The fourth-order valence-corrected chi connectivity index (χ4v) is 8.17. The van der Waals surface area contributed by atoms with Crippen molar-refractivity contribution in [1.29, 1.82) is 0 Å². The predicted octanol–water partition coefficient (Wildman–Crippen LogP) is 3.64. The molecule has 0 aromatic carbocycles. The highest BCUT2D eigenvalue weighted by molar-refractivity contribution is 8.01. The first-order valence-corrected chi connectivity index (χ1v) is 9.46. The minimum Gasteiger partial charge on any atom is -0.165 e. The molecule has 12 heavy (non-hydrogen) atoms. The van der Waals surface area contributed by atoms with E-state index in [1.165, 1.54) is 11.1 Å². The van der Waals surface area contributed by atoms with Crippen LogP contribution < -0.4 is 0 Å². The van der Waals surface area contributed by atoms with Gasteiger partial charge in [0.2, 0.25) is 0 Å². The van der Waals surface area contributed by atoms with Crippen molar-refractivity contribution < 1.29 is 0 Å². The molecule has 1 heterocycles. The molecule has 1 rings (SSSR count). The van der Waals surface area contributed by atoms with Crippen LogP contribution in [0.1, 0.15) is 20.8 Å². The van der Waals surface area contributed by atoms with Gasteiger partial charge in [0.25, 0.3) is 0 Å². The second-order valence-electron chi connectivity index (χ2n) is 5.95. The van der Waals surface area contributed by atoms with Crippen LogP contribution in [0.15, 0.2) is 0 Å². The summed E-state index contributed by atoms with van der Waals surface area (Å²) < 4.78 is 0. The van der Waals surface area contributed by atoms with Crippen molar-refractivity contribution in [2.45, 2.75) is 39.9 Å². The quantitative estimate of drug-likeness (QED) is 0.540. The number of rotatable bonds is 0. The van der Waals surface area contributed by atoms with Crippen molar-refractivity contribution in [1.82, 2.24) is 0 Å². The van der Waals surface area contributed by atoms with Gasteiger partial charge in [0.15, 0.2) is 0 Å². The molecule has 0 spiro atoms. The van der Waals surface area contributed by atoms with Gasteiger partial charge >= 0.3 is 0 Å². The van der Waals surface area contributed by atoms with Gasteiger partial charge < -0.3 is 0 Å². The molecule has 72 valence electrons. The molecule has 1 saturated heterocycles. The smallest absolute Gasteiger partial charge is 0.0581 e. The molecular formula is C10H22SSi. The highest BCUT2D eigenvalue weighted by Crippen LogP contribution is 2.40. The largest absolute Gasteiger partial charge is 0.165 e.